The lowest BCUT2D eigenvalue weighted by atomic mass is 10.1. The summed E-state index contributed by atoms with van der Waals surface area (Å²) < 4.78 is 19.3. The Kier molecular flexibility index (Phi) is 7.07. The molecule has 0 N–H and O–H groups in total. The molecule has 172 valence electrons. The van der Waals surface area contributed by atoms with Gasteiger partial charge in [-0.25, -0.2) is 19.3 Å². The zero-order valence-corrected chi connectivity index (χ0v) is 19.0. The van der Waals surface area contributed by atoms with E-state index in [1.807, 2.05) is 19.3 Å². The van der Waals surface area contributed by atoms with E-state index < -0.39 is 0 Å². The zero-order valence-electron chi connectivity index (χ0n) is 19.0. The lowest BCUT2D eigenvalue weighted by molar-refractivity contribution is 0.160. The van der Waals surface area contributed by atoms with E-state index in [1.165, 1.54) is 18.5 Å². The number of anilines is 1. The minimum Gasteiger partial charge on any atom is -0.474 e. The molecule has 0 bridgehead atoms. The molecule has 3 heterocycles. The van der Waals surface area contributed by atoms with Crippen LogP contribution in [-0.4, -0.2) is 44.8 Å². The van der Waals surface area contributed by atoms with E-state index >= 15 is 0 Å². The Hall–Kier alpha value is -3.62. The van der Waals surface area contributed by atoms with Crippen molar-refractivity contribution < 1.29 is 14.0 Å². The Labute approximate surface area is 192 Å². The van der Waals surface area contributed by atoms with Crippen molar-refractivity contribution in [2.45, 2.75) is 46.1 Å². The molecule has 1 fully saturated rings. The highest BCUT2D eigenvalue weighted by Gasteiger charge is 2.24. The first kappa shape index (κ1) is 22.6. The number of hydrogen-bond acceptors (Lipinski definition) is 8. The average molecular weight is 451 g/mol. The topological polar surface area (TPSA) is 85.6 Å². The minimum atomic E-state index is -0.298. The molecule has 1 aliphatic rings. The molecule has 0 aliphatic carbocycles. The first-order valence-electron chi connectivity index (χ1n) is 11.0. The van der Waals surface area contributed by atoms with Crippen LogP contribution in [0.3, 0.4) is 0 Å². The third kappa shape index (κ3) is 5.60. The SMILES string of the molecule is CCc1cnc(N2CCC(Oc3ncnc(ON=C(C)c4ccc(F)cc4)c3C)CC2)nc1. The molecule has 2 aromatic heterocycles. The molecule has 0 atom stereocenters. The molecular formula is C24H27FN6O2. The van der Waals surface area contributed by atoms with Crippen LogP contribution in [-0.2, 0) is 6.42 Å². The van der Waals surface area contributed by atoms with Crippen LogP contribution in [0.25, 0.3) is 0 Å². The number of oxime groups is 1. The van der Waals surface area contributed by atoms with Crippen LogP contribution < -0.4 is 14.5 Å². The highest BCUT2D eigenvalue weighted by molar-refractivity contribution is 5.98. The molecule has 0 saturated carbocycles. The van der Waals surface area contributed by atoms with Crippen molar-refractivity contribution in [2.75, 3.05) is 18.0 Å². The van der Waals surface area contributed by atoms with Crippen molar-refractivity contribution in [1.82, 2.24) is 19.9 Å². The first-order valence-corrected chi connectivity index (χ1v) is 11.0. The van der Waals surface area contributed by atoms with Gasteiger partial charge >= 0.3 is 0 Å². The third-order valence-corrected chi connectivity index (χ3v) is 5.63. The van der Waals surface area contributed by atoms with Crippen LogP contribution in [0.5, 0.6) is 11.8 Å². The maximum absolute atomic E-state index is 13.1. The Morgan fingerprint density at radius 3 is 2.39 bits per heavy atom. The van der Waals surface area contributed by atoms with Crippen LogP contribution in [0.1, 0.15) is 43.4 Å². The standard InChI is InChI=1S/C24H27FN6O2/c1-4-18-13-26-24(27-14-18)31-11-9-21(10-12-31)32-22-16(2)23(29-15-28-22)33-30-17(3)19-5-7-20(25)8-6-19/h5-8,13-15,21H,4,9-12H2,1-3H3. The minimum absolute atomic E-state index is 0.0297. The normalized spacial score (nSPS) is 14.9. The summed E-state index contributed by atoms with van der Waals surface area (Å²) in [4.78, 5) is 25.1. The Bertz CT molecular complexity index is 1100. The van der Waals surface area contributed by atoms with E-state index in [1.54, 1.807) is 19.1 Å². The lowest BCUT2D eigenvalue weighted by Gasteiger charge is -2.32. The number of aromatic nitrogens is 4. The molecule has 1 aromatic carbocycles. The number of benzene rings is 1. The molecule has 8 nitrogen and oxygen atoms in total. The van der Waals surface area contributed by atoms with Crippen LogP contribution in [0.2, 0.25) is 0 Å². The predicted octanol–water partition coefficient (Wildman–Crippen LogP) is 4.13. The number of hydrogen-bond donors (Lipinski definition) is 0. The largest absolute Gasteiger partial charge is 0.474 e. The highest BCUT2D eigenvalue weighted by Crippen LogP contribution is 2.26. The molecule has 0 unspecified atom stereocenters. The summed E-state index contributed by atoms with van der Waals surface area (Å²) in [5.41, 5.74) is 3.18. The van der Waals surface area contributed by atoms with Crippen LogP contribution in [0, 0.1) is 12.7 Å². The van der Waals surface area contributed by atoms with Gasteiger partial charge in [-0.1, -0.05) is 24.2 Å². The van der Waals surface area contributed by atoms with Crippen molar-refractivity contribution in [2.24, 2.45) is 5.16 Å². The fourth-order valence-electron chi connectivity index (χ4n) is 3.51. The Morgan fingerprint density at radius 2 is 1.73 bits per heavy atom. The summed E-state index contributed by atoms with van der Waals surface area (Å²) in [6.07, 6.45) is 7.80. The van der Waals surface area contributed by atoms with Crippen LogP contribution >= 0.6 is 0 Å². The second-order valence-electron chi connectivity index (χ2n) is 7.93. The quantitative estimate of drug-likeness (QED) is 0.395. The molecule has 3 aromatic rings. The zero-order chi connectivity index (χ0) is 23.2. The predicted molar refractivity (Wildman–Crippen MR) is 123 cm³/mol. The monoisotopic (exact) mass is 450 g/mol. The number of ether oxygens (including phenoxy) is 1. The second kappa shape index (κ2) is 10.3. The summed E-state index contributed by atoms with van der Waals surface area (Å²) in [6.45, 7) is 7.33. The second-order valence-corrected chi connectivity index (χ2v) is 7.93. The van der Waals surface area contributed by atoms with E-state index in [2.05, 4.69) is 36.9 Å². The summed E-state index contributed by atoms with van der Waals surface area (Å²) in [6, 6.07) is 6.06. The van der Waals surface area contributed by atoms with Gasteiger partial charge in [-0.15, -0.1) is 0 Å². The molecule has 1 saturated heterocycles. The van der Waals surface area contributed by atoms with Crippen molar-refractivity contribution in [1.29, 1.82) is 0 Å². The molecular weight excluding hydrogens is 423 g/mol. The molecule has 33 heavy (non-hydrogen) atoms. The van der Waals surface area contributed by atoms with Crippen molar-refractivity contribution in [3.63, 3.8) is 0 Å². The van der Waals surface area contributed by atoms with Crippen molar-refractivity contribution in [3.8, 4) is 11.8 Å². The number of rotatable bonds is 7. The van der Waals surface area contributed by atoms with Gasteiger partial charge < -0.3 is 14.5 Å². The number of halogens is 1. The number of nitrogens with zero attached hydrogens (tertiary/aromatic N) is 6. The maximum atomic E-state index is 13.1. The Morgan fingerprint density at radius 1 is 1.06 bits per heavy atom. The molecule has 0 amide bonds. The number of piperidine rings is 1. The van der Waals surface area contributed by atoms with Gasteiger partial charge in [0.2, 0.25) is 11.8 Å². The number of aryl methyl sites for hydroxylation is 1. The van der Waals surface area contributed by atoms with Gasteiger partial charge in [0.05, 0.1) is 11.3 Å². The van der Waals surface area contributed by atoms with E-state index in [0.29, 0.717) is 23.0 Å². The van der Waals surface area contributed by atoms with E-state index in [4.69, 9.17) is 9.57 Å². The van der Waals surface area contributed by atoms with Gasteiger partial charge in [-0.2, -0.15) is 4.98 Å². The highest BCUT2D eigenvalue weighted by atomic mass is 19.1. The summed E-state index contributed by atoms with van der Waals surface area (Å²) >= 11 is 0. The molecule has 4 rings (SSSR count). The molecule has 0 spiro atoms. The summed E-state index contributed by atoms with van der Waals surface area (Å²) in [5, 5.41) is 4.13. The van der Waals surface area contributed by atoms with Crippen LogP contribution in [0.15, 0.2) is 48.1 Å². The Balaban J connectivity index is 1.36. The van der Waals surface area contributed by atoms with Crippen molar-refractivity contribution in [3.05, 3.63) is 65.5 Å². The lowest BCUT2D eigenvalue weighted by Crippen LogP contribution is -2.39. The van der Waals surface area contributed by atoms with Crippen molar-refractivity contribution >= 4 is 11.7 Å². The van der Waals surface area contributed by atoms with Gasteiger partial charge in [-0.3, -0.25) is 0 Å². The summed E-state index contributed by atoms with van der Waals surface area (Å²) in [5.74, 6) is 1.27. The maximum Gasteiger partial charge on any atom is 0.258 e. The van der Waals surface area contributed by atoms with Gasteiger partial charge in [0, 0.05) is 38.3 Å². The van der Waals surface area contributed by atoms with Gasteiger partial charge in [0.1, 0.15) is 18.2 Å². The van der Waals surface area contributed by atoms with Gasteiger partial charge in [0.25, 0.3) is 5.88 Å². The van der Waals surface area contributed by atoms with Crippen LogP contribution in [0.4, 0.5) is 10.3 Å². The van der Waals surface area contributed by atoms with E-state index in [9.17, 15) is 4.39 Å². The summed E-state index contributed by atoms with van der Waals surface area (Å²) in [7, 11) is 0. The molecule has 1 aliphatic heterocycles. The average Bonchev–Trinajstić information content (AvgIpc) is 2.85. The van der Waals surface area contributed by atoms with E-state index in [0.717, 1.165) is 49.4 Å². The van der Waals surface area contributed by atoms with Gasteiger partial charge in [-0.05, 0) is 43.5 Å². The van der Waals surface area contributed by atoms with Gasteiger partial charge in [0.15, 0.2) is 0 Å². The molecule has 9 heteroatoms. The third-order valence-electron chi connectivity index (χ3n) is 5.63. The smallest absolute Gasteiger partial charge is 0.258 e. The fourth-order valence-corrected chi connectivity index (χ4v) is 3.51. The molecule has 0 radical (unpaired) electrons. The van der Waals surface area contributed by atoms with E-state index in [-0.39, 0.29) is 11.9 Å². The first-order chi connectivity index (χ1) is 16.0. The fraction of sp³-hybridized carbons (Fsp3) is 0.375.